The Hall–Kier alpha value is -5.81. The Morgan fingerprint density at radius 3 is 2.51 bits per heavy atom. The van der Waals surface area contributed by atoms with Crippen molar-refractivity contribution < 1.29 is 24.2 Å². The molecule has 7 rings (SSSR count). The number of pyridine rings is 1. The van der Waals surface area contributed by atoms with Crippen LogP contribution in [0.15, 0.2) is 91.0 Å². The highest BCUT2D eigenvalue weighted by atomic mass is 32.1. The highest BCUT2D eigenvalue weighted by Gasteiger charge is 2.27. The Morgan fingerprint density at radius 2 is 1.73 bits per heavy atom. The van der Waals surface area contributed by atoms with E-state index in [1.165, 1.54) is 11.3 Å². The Morgan fingerprint density at radius 1 is 0.939 bits per heavy atom. The van der Waals surface area contributed by atoms with Crippen LogP contribution >= 0.6 is 11.3 Å². The molecule has 0 saturated heterocycles. The minimum Gasteiger partial charge on any atom is -0.476 e. The zero-order valence-electron chi connectivity index (χ0n) is 27.0. The van der Waals surface area contributed by atoms with Gasteiger partial charge < -0.3 is 19.3 Å². The number of thiazole rings is 1. The second-order valence-electron chi connectivity index (χ2n) is 11.7. The van der Waals surface area contributed by atoms with E-state index in [-0.39, 0.29) is 18.2 Å². The minimum atomic E-state index is -1.18. The van der Waals surface area contributed by atoms with Gasteiger partial charge >= 0.3 is 11.9 Å². The molecular weight excluding hydrogens is 639 g/mol. The van der Waals surface area contributed by atoms with E-state index in [1.807, 2.05) is 83.1 Å². The van der Waals surface area contributed by atoms with Crippen molar-refractivity contribution in [3.63, 3.8) is 0 Å². The third kappa shape index (κ3) is 6.28. The Labute approximate surface area is 286 Å². The summed E-state index contributed by atoms with van der Waals surface area (Å²) in [4.78, 5) is 50.5. The third-order valence-electron chi connectivity index (χ3n) is 8.76. The zero-order valence-corrected chi connectivity index (χ0v) is 27.8. The van der Waals surface area contributed by atoms with Gasteiger partial charge in [0.2, 0.25) is 0 Å². The van der Waals surface area contributed by atoms with Gasteiger partial charge in [-0.05, 0) is 73.4 Å². The molecule has 1 amide bonds. The number of hydrogen-bond donors (Lipinski definition) is 2. The van der Waals surface area contributed by atoms with Crippen LogP contribution in [0, 0.1) is 6.92 Å². The van der Waals surface area contributed by atoms with Crippen LogP contribution in [0.1, 0.15) is 60.6 Å². The highest BCUT2D eigenvalue weighted by Crippen LogP contribution is 2.34. The second-order valence-corrected chi connectivity index (χ2v) is 12.8. The molecule has 246 valence electrons. The van der Waals surface area contributed by atoms with Crippen molar-refractivity contribution in [3.8, 4) is 11.1 Å². The van der Waals surface area contributed by atoms with Gasteiger partial charge in [0.05, 0.1) is 16.8 Å². The predicted octanol–water partition coefficient (Wildman–Crippen LogP) is 7.21. The number of carbonyl (C=O) groups excluding carboxylic acids is 2. The number of fused-ring (bicyclic) bond motifs is 2. The molecule has 4 heterocycles. The number of aromatic carboxylic acids is 1. The maximum Gasteiger partial charge on any atom is 0.355 e. The largest absolute Gasteiger partial charge is 0.476 e. The average Bonchev–Trinajstić information content (AvgIpc) is 3.67. The number of para-hydroxylation sites is 1. The van der Waals surface area contributed by atoms with Crippen LogP contribution in [0.3, 0.4) is 0 Å². The van der Waals surface area contributed by atoms with E-state index < -0.39 is 11.9 Å². The van der Waals surface area contributed by atoms with Crippen molar-refractivity contribution >= 4 is 50.3 Å². The lowest BCUT2D eigenvalue weighted by Gasteiger charge is -2.31. The lowest BCUT2D eigenvalue weighted by atomic mass is 9.94. The number of nitrogens with one attached hydrogen (secondary N) is 1. The predicted molar refractivity (Wildman–Crippen MR) is 190 cm³/mol. The van der Waals surface area contributed by atoms with Gasteiger partial charge in [0.25, 0.3) is 5.91 Å². The first-order chi connectivity index (χ1) is 23.8. The summed E-state index contributed by atoms with van der Waals surface area (Å²) in [5.74, 6) is -1.43. The Bertz CT molecular complexity index is 2190. The summed E-state index contributed by atoms with van der Waals surface area (Å²) in [6.45, 7) is 5.22. The first kappa shape index (κ1) is 31.8. The summed E-state index contributed by atoms with van der Waals surface area (Å²) in [6, 6.07) is 28.4. The zero-order chi connectivity index (χ0) is 34.1. The molecule has 0 unspecified atom stereocenters. The molecule has 3 aromatic heterocycles. The first-order valence-electron chi connectivity index (χ1n) is 16.0. The van der Waals surface area contributed by atoms with Crippen LogP contribution in [0.5, 0.6) is 0 Å². The molecule has 1 aliphatic heterocycles. The summed E-state index contributed by atoms with van der Waals surface area (Å²) >= 11 is 1.42. The molecule has 1 aliphatic rings. The van der Waals surface area contributed by atoms with E-state index in [2.05, 4.69) is 15.3 Å². The van der Waals surface area contributed by atoms with E-state index in [0.717, 1.165) is 32.6 Å². The van der Waals surface area contributed by atoms with Crippen molar-refractivity contribution in [1.29, 1.82) is 0 Å². The number of ether oxygens (including phenoxy) is 1. The number of rotatable bonds is 9. The second kappa shape index (κ2) is 13.4. The fourth-order valence-corrected chi connectivity index (χ4v) is 7.21. The van der Waals surface area contributed by atoms with E-state index in [9.17, 15) is 19.5 Å². The number of carbonyl (C=O) groups is 3. The van der Waals surface area contributed by atoms with E-state index >= 15 is 0 Å². The van der Waals surface area contributed by atoms with Crippen LogP contribution < -0.4 is 10.2 Å². The van der Waals surface area contributed by atoms with Gasteiger partial charge in [0.15, 0.2) is 10.8 Å². The molecule has 0 atom stereocenters. The molecule has 3 aromatic carbocycles. The number of anilines is 2. The lowest BCUT2D eigenvalue weighted by molar-refractivity contribution is 0.0513. The maximum absolute atomic E-state index is 13.5. The molecule has 49 heavy (non-hydrogen) atoms. The number of carboxylic acid groups (broad SMARTS) is 1. The number of carboxylic acids is 1. The van der Waals surface area contributed by atoms with Gasteiger partial charge in [0, 0.05) is 42.0 Å². The Kier molecular flexibility index (Phi) is 8.66. The number of benzene rings is 3. The molecule has 10 nitrogen and oxygen atoms in total. The highest BCUT2D eigenvalue weighted by molar-refractivity contribution is 7.22. The van der Waals surface area contributed by atoms with Crippen LogP contribution in [0.2, 0.25) is 0 Å². The standard InChI is InChI=1S/C38H33N5O5S/c1-3-48-37(47)31-20-28(23(2)43(31)21-24-10-5-4-6-11-24)26-16-17-33(40-34(26)36(45)46)42-19-18-25-12-9-13-27(29(25)22-42)35(44)41-38-39-30-14-7-8-15-32(30)49-38/h4-17,20H,3,18-19,21-22H2,1-2H3,(H,45,46)(H,39,41,44). The van der Waals surface area contributed by atoms with Gasteiger partial charge in [-0.2, -0.15) is 0 Å². The van der Waals surface area contributed by atoms with Crippen LogP contribution in [0.25, 0.3) is 21.3 Å². The molecule has 0 spiro atoms. The van der Waals surface area contributed by atoms with Gasteiger partial charge in [0.1, 0.15) is 11.5 Å². The fraction of sp³-hybridized carbons (Fsp3) is 0.184. The van der Waals surface area contributed by atoms with Crippen LogP contribution in [-0.2, 0) is 24.2 Å². The molecule has 6 aromatic rings. The number of esters is 1. The van der Waals surface area contributed by atoms with Crippen molar-refractivity contribution in [2.24, 2.45) is 0 Å². The van der Waals surface area contributed by atoms with E-state index in [1.54, 1.807) is 31.2 Å². The lowest BCUT2D eigenvalue weighted by Crippen LogP contribution is -2.33. The average molecular weight is 672 g/mol. The smallest absolute Gasteiger partial charge is 0.355 e. The van der Waals surface area contributed by atoms with Gasteiger partial charge in [-0.15, -0.1) is 0 Å². The number of aromatic nitrogens is 3. The van der Waals surface area contributed by atoms with Crippen molar-refractivity contribution in [3.05, 3.63) is 130 Å². The fourth-order valence-electron chi connectivity index (χ4n) is 6.35. The minimum absolute atomic E-state index is 0.125. The summed E-state index contributed by atoms with van der Waals surface area (Å²) in [5.41, 5.74) is 6.21. The number of hydrogen-bond acceptors (Lipinski definition) is 8. The maximum atomic E-state index is 13.5. The van der Waals surface area contributed by atoms with Crippen LogP contribution in [0.4, 0.5) is 10.9 Å². The molecule has 0 aliphatic carbocycles. The number of amides is 1. The number of nitrogens with zero attached hydrogens (tertiary/aromatic N) is 4. The van der Waals surface area contributed by atoms with Gasteiger partial charge in [-0.1, -0.05) is 65.9 Å². The summed E-state index contributed by atoms with van der Waals surface area (Å²) in [5, 5.41) is 13.9. The van der Waals surface area contributed by atoms with Gasteiger partial charge in [-0.3, -0.25) is 10.1 Å². The third-order valence-corrected chi connectivity index (χ3v) is 9.72. The van der Waals surface area contributed by atoms with Crippen molar-refractivity contribution in [2.75, 3.05) is 23.4 Å². The summed E-state index contributed by atoms with van der Waals surface area (Å²) in [6.07, 6.45) is 0.660. The topological polar surface area (TPSA) is 127 Å². The van der Waals surface area contributed by atoms with E-state index in [0.29, 0.717) is 59.4 Å². The first-order valence-corrected chi connectivity index (χ1v) is 16.8. The Balaban J connectivity index is 1.20. The molecule has 0 bridgehead atoms. The normalized spacial score (nSPS) is 12.5. The molecule has 0 radical (unpaired) electrons. The SMILES string of the molecule is CCOC(=O)c1cc(-c2ccc(N3CCc4cccc(C(=O)Nc5nc6ccccc6s5)c4C3)nc2C(=O)O)c(C)n1Cc1ccccc1. The van der Waals surface area contributed by atoms with Gasteiger partial charge in [-0.25, -0.2) is 19.6 Å². The molecular formula is C38H33N5O5S. The van der Waals surface area contributed by atoms with Crippen LogP contribution in [-0.4, -0.2) is 50.6 Å². The van der Waals surface area contributed by atoms with E-state index in [4.69, 9.17) is 4.74 Å². The van der Waals surface area contributed by atoms with Crippen molar-refractivity contribution in [2.45, 2.75) is 33.4 Å². The summed E-state index contributed by atoms with van der Waals surface area (Å²) < 4.78 is 8.20. The molecule has 0 saturated carbocycles. The molecule has 0 fully saturated rings. The monoisotopic (exact) mass is 671 g/mol. The molecule has 11 heteroatoms. The van der Waals surface area contributed by atoms with Crippen molar-refractivity contribution in [1.82, 2.24) is 14.5 Å². The quantitative estimate of drug-likeness (QED) is 0.155. The molecule has 2 N–H and O–H groups in total. The summed E-state index contributed by atoms with van der Waals surface area (Å²) in [7, 11) is 0.